The predicted octanol–water partition coefficient (Wildman–Crippen LogP) is 3.24. The van der Waals surface area contributed by atoms with Crippen LogP contribution in [0.3, 0.4) is 0 Å². The average molecular weight is 469 g/mol. The summed E-state index contributed by atoms with van der Waals surface area (Å²) in [5.41, 5.74) is 0.828. The SMILES string of the molecule is Cc1cc(NC(=O)COC(=O)c2ccccc2SCC(=O)Nc2ccc3c(c2)OCO3)no1. The van der Waals surface area contributed by atoms with Gasteiger partial charge in [0.1, 0.15) is 5.76 Å². The second kappa shape index (κ2) is 10.1. The number of hydrogen-bond donors (Lipinski definition) is 2. The second-order valence-electron chi connectivity index (χ2n) is 6.85. The Bertz CT molecular complexity index is 1190. The number of carbonyl (C=O) groups is 3. The number of nitrogens with one attached hydrogen (secondary N) is 2. The molecule has 4 rings (SSSR count). The summed E-state index contributed by atoms with van der Waals surface area (Å²) in [4.78, 5) is 37.4. The van der Waals surface area contributed by atoms with Crippen LogP contribution in [-0.2, 0) is 14.3 Å². The van der Waals surface area contributed by atoms with Gasteiger partial charge in [-0.3, -0.25) is 9.59 Å². The number of benzene rings is 2. The van der Waals surface area contributed by atoms with Gasteiger partial charge in [0.25, 0.3) is 5.91 Å². The van der Waals surface area contributed by atoms with E-state index in [1.807, 2.05) is 0 Å². The minimum absolute atomic E-state index is 0.0602. The van der Waals surface area contributed by atoms with Gasteiger partial charge in [-0.2, -0.15) is 0 Å². The van der Waals surface area contributed by atoms with Gasteiger partial charge < -0.3 is 29.4 Å². The Morgan fingerprint density at radius 1 is 1.03 bits per heavy atom. The third-order valence-electron chi connectivity index (χ3n) is 4.35. The molecule has 10 nitrogen and oxygen atoms in total. The maximum absolute atomic E-state index is 12.5. The number of ether oxygens (including phenoxy) is 3. The minimum atomic E-state index is -0.680. The minimum Gasteiger partial charge on any atom is -0.454 e. The molecule has 0 radical (unpaired) electrons. The smallest absolute Gasteiger partial charge is 0.339 e. The zero-order valence-corrected chi connectivity index (χ0v) is 18.3. The number of esters is 1. The van der Waals surface area contributed by atoms with Crippen molar-refractivity contribution in [2.24, 2.45) is 0 Å². The molecule has 2 heterocycles. The van der Waals surface area contributed by atoms with E-state index in [2.05, 4.69) is 15.8 Å². The molecule has 2 aromatic carbocycles. The number of fused-ring (bicyclic) bond motifs is 1. The molecule has 1 aromatic heterocycles. The highest BCUT2D eigenvalue weighted by Gasteiger charge is 2.17. The van der Waals surface area contributed by atoms with Crippen LogP contribution in [0.15, 0.2) is 57.9 Å². The van der Waals surface area contributed by atoms with Crippen LogP contribution in [0.1, 0.15) is 16.1 Å². The molecule has 0 aliphatic carbocycles. The Morgan fingerprint density at radius 2 is 1.85 bits per heavy atom. The quantitative estimate of drug-likeness (QED) is 0.377. The standard InChI is InChI=1S/C22H19N3O7S/c1-13-8-19(25-32-13)24-20(26)10-29-22(28)15-4-2-3-5-18(15)33-11-21(27)23-14-6-7-16-17(9-14)31-12-30-16/h2-9H,10-12H2,1H3,(H,23,27)(H,24,25,26). The second-order valence-corrected chi connectivity index (χ2v) is 7.87. The lowest BCUT2D eigenvalue weighted by Gasteiger charge is -2.10. The molecule has 0 unspecified atom stereocenters. The van der Waals surface area contributed by atoms with Gasteiger partial charge in [0, 0.05) is 22.7 Å². The van der Waals surface area contributed by atoms with E-state index in [0.717, 1.165) is 0 Å². The summed E-state index contributed by atoms with van der Waals surface area (Å²) in [6, 6.07) is 13.3. The van der Waals surface area contributed by atoms with Crippen molar-refractivity contribution in [3.8, 4) is 11.5 Å². The van der Waals surface area contributed by atoms with Gasteiger partial charge in [-0.15, -0.1) is 11.8 Å². The van der Waals surface area contributed by atoms with Gasteiger partial charge in [-0.25, -0.2) is 4.79 Å². The largest absolute Gasteiger partial charge is 0.454 e. The Labute approximate surface area is 192 Å². The number of nitrogens with zero attached hydrogens (tertiary/aromatic N) is 1. The summed E-state index contributed by atoms with van der Waals surface area (Å²) in [6.45, 7) is 1.35. The lowest BCUT2D eigenvalue weighted by atomic mass is 10.2. The number of thioether (sulfide) groups is 1. The van der Waals surface area contributed by atoms with E-state index < -0.39 is 18.5 Å². The van der Waals surface area contributed by atoms with Crippen molar-refractivity contribution in [1.29, 1.82) is 0 Å². The van der Waals surface area contributed by atoms with Gasteiger partial charge in [0.05, 0.1) is 11.3 Å². The van der Waals surface area contributed by atoms with E-state index in [-0.39, 0.29) is 29.8 Å². The Hall–Kier alpha value is -3.99. The Balaban J connectivity index is 1.29. The molecule has 1 aliphatic rings. The molecule has 1 aliphatic heterocycles. The van der Waals surface area contributed by atoms with Crippen LogP contribution < -0.4 is 20.1 Å². The van der Waals surface area contributed by atoms with Crippen LogP contribution in [0.25, 0.3) is 0 Å². The monoisotopic (exact) mass is 469 g/mol. The van der Waals surface area contributed by atoms with E-state index in [4.69, 9.17) is 18.7 Å². The summed E-state index contributed by atoms with van der Waals surface area (Å²) >= 11 is 1.18. The van der Waals surface area contributed by atoms with Crippen LogP contribution in [-0.4, -0.2) is 42.1 Å². The van der Waals surface area contributed by atoms with Gasteiger partial charge in [0.2, 0.25) is 12.7 Å². The van der Waals surface area contributed by atoms with Gasteiger partial charge in [-0.1, -0.05) is 17.3 Å². The molecule has 11 heteroatoms. The van der Waals surface area contributed by atoms with E-state index in [1.54, 1.807) is 55.5 Å². The summed E-state index contributed by atoms with van der Waals surface area (Å²) in [6.07, 6.45) is 0. The maximum atomic E-state index is 12.5. The molecular weight excluding hydrogens is 450 g/mol. The molecular formula is C22H19N3O7S. The summed E-state index contributed by atoms with van der Waals surface area (Å²) in [7, 11) is 0. The number of rotatable bonds is 8. The highest BCUT2D eigenvalue weighted by atomic mass is 32.2. The molecule has 0 atom stereocenters. The normalized spacial score (nSPS) is 11.7. The number of aryl methyl sites for hydroxylation is 1. The number of aromatic nitrogens is 1. The molecule has 3 aromatic rings. The number of hydrogen-bond acceptors (Lipinski definition) is 9. The van der Waals surface area contributed by atoms with Crippen LogP contribution >= 0.6 is 11.8 Å². The molecule has 0 bridgehead atoms. The molecule has 0 saturated heterocycles. The third kappa shape index (κ3) is 5.83. The number of carbonyl (C=O) groups excluding carboxylic acids is 3. The van der Waals surface area contributed by atoms with Crippen LogP contribution in [0.2, 0.25) is 0 Å². The van der Waals surface area contributed by atoms with Gasteiger partial charge in [-0.05, 0) is 31.2 Å². The average Bonchev–Trinajstić information content (AvgIpc) is 3.44. The molecule has 2 N–H and O–H groups in total. The molecule has 33 heavy (non-hydrogen) atoms. The van der Waals surface area contributed by atoms with Crippen molar-refractivity contribution >= 4 is 41.1 Å². The number of amides is 2. The van der Waals surface area contributed by atoms with Crippen molar-refractivity contribution in [1.82, 2.24) is 5.16 Å². The first-order valence-corrected chi connectivity index (χ1v) is 10.8. The van der Waals surface area contributed by atoms with E-state index in [1.165, 1.54) is 11.8 Å². The molecule has 0 spiro atoms. The fourth-order valence-electron chi connectivity index (χ4n) is 2.89. The zero-order chi connectivity index (χ0) is 23.2. The van der Waals surface area contributed by atoms with Crippen molar-refractivity contribution in [3.63, 3.8) is 0 Å². The molecule has 0 saturated carbocycles. The van der Waals surface area contributed by atoms with Crippen molar-refractivity contribution in [3.05, 3.63) is 59.9 Å². The Morgan fingerprint density at radius 3 is 2.67 bits per heavy atom. The van der Waals surface area contributed by atoms with Crippen molar-refractivity contribution in [2.75, 3.05) is 29.8 Å². The lowest BCUT2D eigenvalue weighted by molar-refractivity contribution is -0.119. The summed E-state index contributed by atoms with van der Waals surface area (Å²) in [5, 5.41) is 8.89. The van der Waals surface area contributed by atoms with E-state index in [0.29, 0.717) is 27.8 Å². The van der Waals surface area contributed by atoms with Gasteiger partial charge in [0.15, 0.2) is 23.9 Å². The molecule has 170 valence electrons. The maximum Gasteiger partial charge on any atom is 0.339 e. The lowest BCUT2D eigenvalue weighted by Crippen LogP contribution is -2.21. The van der Waals surface area contributed by atoms with E-state index >= 15 is 0 Å². The highest BCUT2D eigenvalue weighted by Crippen LogP contribution is 2.34. The topological polar surface area (TPSA) is 129 Å². The van der Waals surface area contributed by atoms with Gasteiger partial charge >= 0.3 is 5.97 Å². The fraction of sp³-hybridized carbons (Fsp3) is 0.182. The third-order valence-corrected chi connectivity index (χ3v) is 5.43. The first kappa shape index (κ1) is 22.2. The van der Waals surface area contributed by atoms with Crippen LogP contribution in [0.5, 0.6) is 11.5 Å². The highest BCUT2D eigenvalue weighted by molar-refractivity contribution is 8.00. The fourth-order valence-corrected chi connectivity index (χ4v) is 3.73. The van der Waals surface area contributed by atoms with Crippen molar-refractivity contribution < 1.29 is 33.1 Å². The number of anilines is 2. The van der Waals surface area contributed by atoms with E-state index in [9.17, 15) is 14.4 Å². The zero-order valence-electron chi connectivity index (χ0n) is 17.5. The molecule has 2 amide bonds. The van der Waals surface area contributed by atoms with Crippen LogP contribution in [0, 0.1) is 6.92 Å². The first-order chi connectivity index (χ1) is 16.0. The Kier molecular flexibility index (Phi) is 6.79. The first-order valence-electron chi connectivity index (χ1n) is 9.79. The predicted molar refractivity (Wildman–Crippen MR) is 119 cm³/mol. The molecule has 0 fully saturated rings. The van der Waals surface area contributed by atoms with Crippen LogP contribution in [0.4, 0.5) is 11.5 Å². The van der Waals surface area contributed by atoms with Crippen molar-refractivity contribution in [2.45, 2.75) is 11.8 Å². The summed E-state index contributed by atoms with van der Waals surface area (Å²) < 4.78 is 20.5. The summed E-state index contributed by atoms with van der Waals surface area (Å²) in [5.74, 6) is 0.532.